The molecule has 0 bridgehead atoms. The number of amides is 1. The molecule has 2 aromatic rings. The Balaban J connectivity index is 2.26. The Hall–Kier alpha value is -2.70. The van der Waals surface area contributed by atoms with Crippen molar-refractivity contribution < 1.29 is 27.4 Å². The van der Waals surface area contributed by atoms with Crippen LogP contribution in [0, 0.1) is 5.82 Å². The third-order valence-corrected chi connectivity index (χ3v) is 3.88. The number of methoxy groups -OCH3 is 1. The Kier molecular flexibility index (Phi) is 5.90. The zero-order valence-corrected chi connectivity index (χ0v) is 14.0. The number of rotatable bonds is 6. The lowest BCUT2D eigenvalue weighted by atomic mass is 10.1. The van der Waals surface area contributed by atoms with Gasteiger partial charge in [0.05, 0.1) is 13.2 Å². The lowest BCUT2D eigenvalue weighted by Gasteiger charge is -2.26. The van der Waals surface area contributed by atoms with Gasteiger partial charge in [-0.1, -0.05) is 18.2 Å². The summed E-state index contributed by atoms with van der Waals surface area (Å²) in [6.07, 6.45) is 0. The summed E-state index contributed by atoms with van der Waals surface area (Å²) in [5, 5.41) is 0. The molecule has 0 aliphatic heterocycles. The van der Waals surface area contributed by atoms with Crippen molar-refractivity contribution in [3.63, 3.8) is 0 Å². The van der Waals surface area contributed by atoms with Gasteiger partial charge in [-0.25, -0.2) is 4.39 Å². The van der Waals surface area contributed by atoms with Gasteiger partial charge in [0.25, 0.3) is 5.91 Å². The summed E-state index contributed by atoms with van der Waals surface area (Å²) in [7, 11) is 2.82. The minimum Gasteiger partial charge on any atom is -0.493 e. The molecule has 0 heterocycles. The highest BCUT2D eigenvalue weighted by Gasteiger charge is 2.22. The van der Waals surface area contributed by atoms with E-state index in [1.807, 2.05) is 0 Å². The first-order chi connectivity index (χ1) is 11.8. The number of hydrogen-bond acceptors (Lipinski definition) is 3. The Bertz CT molecular complexity index is 752. The third kappa shape index (κ3) is 4.23. The van der Waals surface area contributed by atoms with Crippen molar-refractivity contribution in [2.45, 2.75) is 19.6 Å². The highest BCUT2D eigenvalue weighted by Crippen LogP contribution is 2.31. The molecule has 134 valence electrons. The van der Waals surface area contributed by atoms with Crippen molar-refractivity contribution in [2.75, 3.05) is 14.2 Å². The van der Waals surface area contributed by atoms with Crippen molar-refractivity contribution in [1.82, 2.24) is 4.90 Å². The number of carbonyl (C=O) groups is 1. The maximum Gasteiger partial charge on any atom is 0.387 e. The second-order valence-electron chi connectivity index (χ2n) is 5.36. The van der Waals surface area contributed by atoms with E-state index in [1.165, 1.54) is 43.3 Å². The molecule has 0 N–H and O–H groups in total. The van der Waals surface area contributed by atoms with Crippen molar-refractivity contribution in [3.05, 3.63) is 59.4 Å². The lowest BCUT2D eigenvalue weighted by molar-refractivity contribution is -0.0512. The molecule has 0 fully saturated rings. The topological polar surface area (TPSA) is 38.8 Å². The van der Waals surface area contributed by atoms with Crippen LogP contribution in [-0.4, -0.2) is 31.6 Å². The molecular weight excluding hydrogens is 335 g/mol. The van der Waals surface area contributed by atoms with E-state index in [0.717, 1.165) is 0 Å². The molecule has 1 atom stereocenters. The number of alkyl halides is 2. The highest BCUT2D eigenvalue weighted by molar-refractivity contribution is 5.95. The molecule has 0 aliphatic carbocycles. The van der Waals surface area contributed by atoms with Crippen molar-refractivity contribution in [1.29, 1.82) is 0 Å². The van der Waals surface area contributed by atoms with Gasteiger partial charge < -0.3 is 14.4 Å². The van der Waals surface area contributed by atoms with Crippen LogP contribution in [-0.2, 0) is 0 Å². The van der Waals surface area contributed by atoms with Gasteiger partial charge in [-0.3, -0.25) is 4.79 Å². The summed E-state index contributed by atoms with van der Waals surface area (Å²) in [5.74, 6) is -0.970. The first-order valence-electron chi connectivity index (χ1n) is 7.49. The van der Waals surface area contributed by atoms with Crippen molar-refractivity contribution >= 4 is 5.91 Å². The van der Waals surface area contributed by atoms with Crippen LogP contribution >= 0.6 is 0 Å². The molecule has 0 aromatic heterocycles. The van der Waals surface area contributed by atoms with E-state index < -0.39 is 24.4 Å². The van der Waals surface area contributed by atoms with Crippen LogP contribution < -0.4 is 9.47 Å². The van der Waals surface area contributed by atoms with E-state index in [0.29, 0.717) is 5.56 Å². The lowest BCUT2D eigenvalue weighted by Crippen LogP contribution is -2.30. The fraction of sp³-hybridized carbons (Fsp3) is 0.278. The minimum atomic E-state index is -3.00. The Morgan fingerprint density at radius 1 is 1.12 bits per heavy atom. The maximum absolute atomic E-state index is 13.9. The van der Waals surface area contributed by atoms with Gasteiger partial charge in [0.2, 0.25) is 0 Å². The zero-order valence-electron chi connectivity index (χ0n) is 14.0. The quantitative estimate of drug-likeness (QED) is 0.779. The molecule has 0 radical (unpaired) electrons. The van der Waals surface area contributed by atoms with Gasteiger partial charge in [0, 0.05) is 18.2 Å². The van der Waals surface area contributed by atoms with Gasteiger partial charge in [-0.05, 0) is 31.2 Å². The molecule has 1 unspecified atom stereocenters. The van der Waals surface area contributed by atoms with E-state index in [9.17, 15) is 18.0 Å². The van der Waals surface area contributed by atoms with E-state index in [2.05, 4.69) is 4.74 Å². The second kappa shape index (κ2) is 7.92. The predicted molar refractivity (Wildman–Crippen MR) is 86.5 cm³/mol. The summed E-state index contributed by atoms with van der Waals surface area (Å²) in [6, 6.07) is 9.56. The number of carbonyl (C=O) groups excluding carboxylic acids is 1. The van der Waals surface area contributed by atoms with Gasteiger partial charge in [-0.2, -0.15) is 8.78 Å². The Morgan fingerprint density at radius 3 is 2.40 bits per heavy atom. The zero-order chi connectivity index (χ0) is 18.6. The molecule has 0 spiro atoms. The average molecular weight is 353 g/mol. The molecule has 2 aromatic carbocycles. The summed E-state index contributed by atoms with van der Waals surface area (Å²) < 4.78 is 48.0. The summed E-state index contributed by atoms with van der Waals surface area (Å²) in [6.45, 7) is -1.30. The van der Waals surface area contributed by atoms with E-state index in [1.54, 1.807) is 25.1 Å². The van der Waals surface area contributed by atoms with Crippen LogP contribution in [0.2, 0.25) is 0 Å². The van der Waals surface area contributed by atoms with Gasteiger partial charge >= 0.3 is 6.61 Å². The number of hydrogen-bond donors (Lipinski definition) is 0. The second-order valence-corrected chi connectivity index (χ2v) is 5.36. The molecule has 7 heteroatoms. The monoisotopic (exact) mass is 353 g/mol. The van der Waals surface area contributed by atoms with Crippen molar-refractivity contribution in [2.24, 2.45) is 0 Å². The highest BCUT2D eigenvalue weighted by atomic mass is 19.3. The standard InChI is InChI=1S/C18H18F3NO3/c1-11(13-6-4-5-7-14(13)19)22(2)17(23)12-8-9-15(25-18(20)21)16(10-12)24-3/h4-11,18H,1-3H3. The minimum absolute atomic E-state index is 0.0121. The first-order valence-corrected chi connectivity index (χ1v) is 7.49. The normalized spacial score (nSPS) is 12.0. The summed E-state index contributed by atoms with van der Waals surface area (Å²) in [5.41, 5.74) is 0.590. The smallest absolute Gasteiger partial charge is 0.387 e. The fourth-order valence-corrected chi connectivity index (χ4v) is 2.40. The fourth-order valence-electron chi connectivity index (χ4n) is 2.40. The van der Waals surface area contributed by atoms with Gasteiger partial charge in [0.15, 0.2) is 11.5 Å². The van der Waals surface area contributed by atoms with Gasteiger partial charge in [-0.15, -0.1) is 0 Å². The van der Waals surface area contributed by atoms with Crippen molar-refractivity contribution in [3.8, 4) is 11.5 Å². The number of ether oxygens (including phenoxy) is 2. The average Bonchev–Trinajstić information content (AvgIpc) is 2.60. The molecule has 25 heavy (non-hydrogen) atoms. The van der Waals surface area contributed by atoms with E-state index >= 15 is 0 Å². The third-order valence-electron chi connectivity index (χ3n) is 3.88. The predicted octanol–water partition coefficient (Wildman–Crippen LogP) is 4.27. The van der Waals surface area contributed by atoms with Gasteiger partial charge in [0.1, 0.15) is 5.82 Å². The SMILES string of the molecule is COc1cc(C(=O)N(C)C(C)c2ccccc2F)ccc1OC(F)F. The van der Waals surface area contributed by atoms with Crippen LogP contribution in [0.5, 0.6) is 11.5 Å². The number of halogens is 3. The Labute approximate surface area is 143 Å². The first kappa shape index (κ1) is 18.6. The van der Waals surface area contributed by atoms with Crippen LogP contribution in [0.3, 0.4) is 0 Å². The van der Waals surface area contributed by atoms with E-state index in [4.69, 9.17) is 4.74 Å². The molecule has 2 rings (SSSR count). The Morgan fingerprint density at radius 2 is 1.80 bits per heavy atom. The summed E-state index contributed by atoms with van der Waals surface area (Å²) >= 11 is 0. The molecule has 1 amide bonds. The summed E-state index contributed by atoms with van der Waals surface area (Å²) in [4.78, 5) is 14.0. The molecule has 4 nitrogen and oxygen atoms in total. The molecule has 0 aliphatic rings. The molecule has 0 saturated carbocycles. The molecule has 0 saturated heterocycles. The number of benzene rings is 2. The van der Waals surface area contributed by atoms with Crippen LogP contribution in [0.15, 0.2) is 42.5 Å². The van der Waals surface area contributed by atoms with Crippen LogP contribution in [0.4, 0.5) is 13.2 Å². The largest absolute Gasteiger partial charge is 0.493 e. The van der Waals surface area contributed by atoms with Crippen LogP contribution in [0.25, 0.3) is 0 Å². The molecular formula is C18H18F3NO3. The van der Waals surface area contributed by atoms with E-state index in [-0.39, 0.29) is 17.1 Å². The number of nitrogens with zero attached hydrogens (tertiary/aromatic N) is 1. The maximum atomic E-state index is 13.9. The van der Waals surface area contributed by atoms with Crippen LogP contribution in [0.1, 0.15) is 28.9 Å².